The summed E-state index contributed by atoms with van der Waals surface area (Å²) in [4.78, 5) is 12.5. The molecule has 0 aliphatic heterocycles. The number of nitrogens with zero attached hydrogens (tertiary/aromatic N) is 1. The van der Waals surface area contributed by atoms with Gasteiger partial charge in [0.2, 0.25) is 15.9 Å². The van der Waals surface area contributed by atoms with E-state index in [9.17, 15) is 13.2 Å². The fourth-order valence-corrected chi connectivity index (χ4v) is 2.70. The van der Waals surface area contributed by atoms with Crippen molar-refractivity contribution < 1.29 is 17.8 Å². The van der Waals surface area contributed by atoms with Gasteiger partial charge < -0.3 is 5.32 Å². The van der Waals surface area contributed by atoms with Gasteiger partial charge in [0.25, 0.3) is 5.91 Å². The van der Waals surface area contributed by atoms with Gasteiger partial charge in [-0.3, -0.25) is 14.1 Å². The molecule has 0 aliphatic rings. The summed E-state index contributed by atoms with van der Waals surface area (Å²) >= 11 is 0. The van der Waals surface area contributed by atoms with Gasteiger partial charge >= 0.3 is 0 Å². The van der Waals surface area contributed by atoms with Gasteiger partial charge in [0.15, 0.2) is 0 Å². The van der Waals surface area contributed by atoms with Crippen LogP contribution >= 0.6 is 0 Å². The van der Waals surface area contributed by atoms with Crippen LogP contribution in [0.3, 0.4) is 0 Å². The molecule has 1 amide bonds. The molecule has 0 saturated heterocycles. The Morgan fingerprint density at radius 2 is 1.46 bits per heavy atom. The molecule has 7 nitrogen and oxygen atoms in total. The smallest absolute Gasteiger partial charge is 0.257 e. The normalized spacial score (nSPS) is 10.8. The molecule has 138 valence electrons. The zero-order chi connectivity index (χ0) is 19.3. The summed E-state index contributed by atoms with van der Waals surface area (Å²) in [5.41, 5.74) is 1.99. The van der Waals surface area contributed by atoms with Gasteiger partial charge in [-0.2, -0.15) is 0 Å². The molecule has 0 heterocycles. The number of amidine groups is 1. The van der Waals surface area contributed by atoms with Gasteiger partial charge in [0.1, 0.15) is 5.69 Å². The molecule has 8 heteroatoms. The molecule has 2 aromatic carbocycles. The lowest BCUT2D eigenvalue weighted by molar-refractivity contribution is -0.464. The van der Waals surface area contributed by atoms with Gasteiger partial charge in [0, 0.05) is 12.6 Å². The Balaban J connectivity index is 2.15. The Morgan fingerprint density at radius 3 is 2.00 bits per heavy atom. The van der Waals surface area contributed by atoms with E-state index in [1.807, 2.05) is 37.7 Å². The number of anilines is 3. The monoisotopic (exact) mass is 375 g/mol. The lowest BCUT2D eigenvalue weighted by Crippen LogP contribution is -2.19. The molecule has 0 spiro atoms. The van der Waals surface area contributed by atoms with E-state index in [4.69, 9.17) is 0 Å². The SMILES string of the molecule is CC(Nc1ccc(NC(=O)c2ccccc2NS(C)(=O)=O)cc1)=[N+](C)C. The minimum absolute atomic E-state index is 0.238. The number of rotatable bonds is 5. The van der Waals surface area contributed by atoms with E-state index in [2.05, 4.69) is 15.4 Å². The van der Waals surface area contributed by atoms with Crippen molar-refractivity contribution >= 4 is 38.8 Å². The van der Waals surface area contributed by atoms with Crippen molar-refractivity contribution in [2.24, 2.45) is 0 Å². The number of nitrogens with one attached hydrogen (secondary N) is 3. The van der Waals surface area contributed by atoms with Crippen LogP contribution in [-0.2, 0) is 10.0 Å². The standard InChI is InChI=1S/C18H22N4O3S/c1-13(22(2)3)19-14-9-11-15(12-10-14)20-18(23)16-7-5-6-8-17(16)21-26(4,24)25/h5-12H,1-4H3,(H2,20,21,23)/p+1. The number of sulfonamides is 1. The van der Waals surface area contributed by atoms with E-state index in [1.54, 1.807) is 36.4 Å². The van der Waals surface area contributed by atoms with Gasteiger partial charge in [-0.15, -0.1) is 0 Å². The van der Waals surface area contributed by atoms with Crippen molar-refractivity contribution in [2.45, 2.75) is 6.92 Å². The average Bonchev–Trinajstić information content (AvgIpc) is 2.55. The predicted molar refractivity (Wildman–Crippen MR) is 106 cm³/mol. The van der Waals surface area contributed by atoms with Crippen molar-refractivity contribution in [3.63, 3.8) is 0 Å². The molecule has 26 heavy (non-hydrogen) atoms. The number of carbonyl (C=O) groups excluding carboxylic acids is 1. The van der Waals surface area contributed by atoms with Crippen LogP contribution in [0.1, 0.15) is 17.3 Å². The van der Waals surface area contributed by atoms with Crippen LogP contribution in [0.4, 0.5) is 17.1 Å². The molecule has 0 aromatic heterocycles. The van der Waals surface area contributed by atoms with Crippen LogP contribution in [-0.4, -0.2) is 45.1 Å². The van der Waals surface area contributed by atoms with E-state index in [-0.39, 0.29) is 11.3 Å². The molecule has 0 fully saturated rings. The van der Waals surface area contributed by atoms with Gasteiger partial charge in [-0.05, 0) is 36.4 Å². The molecule has 0 bridgehead atoms. The van der Waals surface area contributed by atoms with Gasteiger partial charge in [-0.25, -0.2) is 13.7 Å². The van der Waals surface area contributed by atoms with E-state index in [0.29, 0.717) is 5.69 Å². The maximum Gasteiger partial charge on any atom is 0.257 e. The highest BCUT2D eigenvalue weighted by Crippen LogP contribution is 2.19. The second kappa shape index (κ2) is 8.01. The largest absolute Gasteiger partial charge is 0.322 e. The Labute approximate surface area is 153 Å². The Hall–Kier alpha value is -2.87. The van der Waals surface area contributed by atoms with Crippen LogP contribution in [0.15, 0.2) is 48.5 Å². The minimum atomic E-state index is -3.47. The highest BCUT2D eigenvalue weighted by molar-refractivity contribution is 7.92. The van der Waals surface area contributed by atoms with Crippen molar-refractivity contribution in [3.8, 4) is 0 Å². The molecule has 2 aromatic rings. The second-order valence-corrected chi connectivity index (χ2v) is 7.80. The number of amides is 1. The highest BCUT2D eigenvalue weighted by Gasteiger charge is 2.14. The minimum Gasteiger partial charge on any atom is -0.322 e. The third kappa shape index (κ3) is 5.59. The Kier molecular flexibility index (Phi) is 5.99. The second-order valence-electron chi connectivity index (χ2n) is 6.06. The molecule has 0 unspecified atom stereocenters. The number of carbonyl (C=O) groups is 1. The summed E-state index contributed by atoms with van der Waals surface area (Å²) in [6, 6.07) is 13.7. The fourth-order valence-electron chi connectivity index (χ4n) is 2.13. The van der Waals surface area contributed by atoms with E-state index >= 15 is 0 Å². The first-order chi connectivity index (χ1) is 12.2. The van der Waals surface area contributed by atoms with Crippen LogP contribution in [0.25, 0.3) is 0 Å². The maximum absolute atomic E-state index is 12.5. The third-order valence-electron chi connectivity index (χ3n) is 3.61. The fraction of sp³-hybridized carbons (Fsp3) is 0.222. The summed E-state index contributed by atoms with van der Waals surface area (Å²) in [6.07, 6.45) is 1.04. The van der Waals surface area contributed by atoms with Gasteiger partial charge in [-0.1, -0.05) is 12.1 Å². The summed E-state index contributed by atoms with van der Waals surface area (Å²) in [5, 5.41) is 6.01. The van der Waals surface area contributed by atoms with Crippen LogP contribution in [0.5, 0.6) is 0 Å². The summed E-state index contributed by atoms with van der Waals surface area (Å²) in [6.45, 7) is 1.96. The highest BCUT2D eigenvalue weighted by atomic mass is 32.2. The van der Waals surface area contributed by atoms with Crippen molar-refractivity contribution in [1.82, 2.24) is 0 Å². The Morgan fingerprint density at radius 1 is 0.923 bits per heavy atom. The zero-order valence-corrected chi connectivity index (χ0v) is 16.0. The van der Waals surface area contributed by atoms with Crippen molar-refractivity contribution in [2.75, 3.05) is 35.7 Å². The molecule has 2 rings (SSSR count). The molecule has 0 saturated carbocycles. The molecule has 0 aliphatic carbocycles. The molecule has 3 N–H and O–H groups in total. The quantitative estimate of drug-likeness (QED) is 0.425. The summed E-state index contributed by atoms with van der Waals surface area (Å²) < 4.78 is 27.2. The zero-order valence-electron chi connectivity index (χ0n) is 15.2. The average molecular weight is 375 g/mol. The number of para-hydroxylation sites is 1. The van der Waals surface area contributed by atoms with Crippen LogP contribution in [0, 0.1) is 0 Å². The maximum atomic E-state index is 12.5. The van der Waals surface area contributed by atoms with E-state index in [0.717, 1.165) is 17.8 Å². The number of hydrogen-bond donors (Lipinski definition) is 3. The van der Waals surface area contributed by atoms with Crippen LogP contribution < -0.4 is 15.4 Å². The lowest BCUT2D eigenvalue weighted by Gasteiger charge is -2.11. The molecular weight excluding hydrogens is 352 g/mol. The first kappa shape index (κ1) is 19.5. The van der Waals surface area contributed by atoms with E-state index in [1.165, 1.54) is 0 Å². The Bertz CT molecular complexity index is 931. The summed E-state index contributed by atoms with van der Waals surface area (Å²) in [5.74, 6) is 0.594. The molecule has 0 radical (unpaired) electrons. The topological polar surface area (TPSA) is 90.3 Å². The molecule has 0 atom stereocenters. The number of benzene rings is 2. The van der Waals surface area contributed by atoms with Crippen LogP contribution in [0.2, 0.25) is 0 Å². The third-order valence-corrected chi connectivity index (χ3v) is 4.20. The van der Waals surface area contributed by atoms with E-state index < -0.39 is 15.9 Å². The van der Waals surface area contributed by atoms with Crippen molar-refractivity contribution in [3.05, 3.63) is 54.1 Å². The lowest BCUT2D eigenvalue weighted by atomic mass is 10.1. The first-order valence-corrected chi connectivity index (χ1v) is 9.81. The number of hydrogen-bond acceptors (Lipinski definition) is 3. The summed E-state index contributed by atoms with van der Waals surface area (Å²) in [7, 11) is 0.412. The predicted octanol–water partition coefficient (Wildman–Crippen LogP) is 2.41. The van der Waals surface area contributed by atoms with Gasteiger partial charge in [0.05, 0.1) is 31.6 Å². The first-order valence-electron chi connectivity index (χ1n) is 7.92. The van der Waals surface area contributed by atoms with Crippen molar-refractivity contribution in [1.29, 1.82) is 0 Å². The molecular formula is C18H23N4O3S+.